The molecular formula is C12H18ClFN2O. The van der Waals surface area contributed by atoms with Crippen molar-refractivity contribution < 1.29 is 9.13 Å². The lowest BCUT2D eigenvalue weighted by Gasteiger charge is -2.22. The van der Waals surface area contributed by atoms with E-state index in [2.05, 4.69) is 0 Å². The number of likely N-dealkylation sites (N-methyl/N-ethyl adjacent to an activating group) is 1. The smallest absolute Gasteiger partial charge is 0.144 e. The van der Waals surface area contributed by atoms with Crippen LogP contribution >= 0.6 is 11.6 Å². The van der Waals surface area contributed by atoms with Gasteiger partial charge in [-0.2, -0.15) is 0 Å². The highest BCUT2D eigenvalue weighted by molar-refractivity contribution is 6.31. The number of nitrogens with zero attached hydrogens (tertiary/aromatic N) is 1. The van der Waals surface area contributed by atoms with Gasteiger partial charge in [0.05, 0.1) is 29.1 Å². The number of benzene rings is 1. The molecule has 0 atom stereocenters. The first-order valence-corrected chi connectivity index (χ1v) is 5.87. The number of rotatable bonds is 5. The highest BCUT2D eigenvalue weighted by Crippen LogP contribution is 2.28. The lowest BCUT2D eigenvalue weighted by atomic mass is 10.2. The predicted octanol–water partition coefficient (Wildman–Crippen LogP) is 2.92. The van der Waals surface area contributed by atoms with Gasteiger partial charge in [-0.15, -0.1) is 0 Å². The largest absolute Gasteiger partial charge is 0.397 e. The zero-order chi connectivity index (χ0) is 13.0. The molecule has 0 heterocycles. The number of nitrogens with two attached hydrogens (primary N) is 1. The monoisotopic (exact) mass is 260 g/mol. The number of halogens is 2. The second-order valence-corrected chi connectivity index (χ2v) is 4.57. The van der Waals surface area contributed by atoms with Crippen molar-refractivity contribution in [2.24, 2.45) is 0 Å². The lowest BCUT2D eigenvalue weighted by Crippen LogP contribution is -2.24. The van der Waals surface area contributed by atoms with Gasteiger partial charge in [0.25, 0.3) is 0 Å². The maximum atomic E-state index is 13.3. The van der Waals surface area contributed by atoms with Crippen LogP contribution < -0.4 is 10.6 Å². The van der Waals surface area contributed by atoms with Gasteiger partial charge in [0.2, 0.25) is 0 Å². The van der Waals surface area contributed by atoms with Gasteiger partial charge in [-0.05, 0) is 19.9 Å². The van der Waals surface area contributed by atoms with Gasteiger partial charge in [-0.1, -0.05) is 11.6 Å². The van der Waals surface area contributed by atoms with E-state index in [1.807, 2.05) is 25.8 Å². The Labute approximate surface area is 106 Å². The maximum Gasteiger partial charge on any atom is 0.144 e. The first-order chi connectivity index (χ1) is 7.91. The molecule has 1 aromatic carbocycles. The van der Waals surface area contributed by atoms with Crippen LogP contribution in [0.25, 0.3) is 0 Å². The molecule has 0 aliphatic heterocycles. The average molecular weight is 261 g/mol. The van der Waals surface area contributed by atoms with E-state index in [-0.39, 0.29) is 11.1 Å². The van der Waals surface area contributed by atoms with Crippen LogP contribution in [0.15, 0.2) is 12.1 Å². The van der Waals surface area contributed by atoms with Gasteiger partial charge in [-0.25, -0.2) is 4.39 Å². The van der Waals surface area contributed by atoms with Crippen LogP contribution in [0, 0.1) is 5.82 Å². The van der Waals surface area contributed by atoms with E-state index in [1.54, 1.807) is 0 Å². The summed E-state index contributed by atoms with van der Waals surface area (Å²) >= 11 is 5.64. The Bertz CT molecular complexity index is 385. The molecule has 0 aliphatic rings. The summed E-state index contributed by atoms with van der Waals surface area (Å²) in [7, 11) is 1.84. The molecule has 0 aromatic heterocycles. The third-order valence-corrected chi connectivity index (χ3v) is 2.65. The van der Waals surface area contributed by atoms with Crippen LogP contribution in [-0.4, -0.2) is 26.3 Å². The molecule has 0 radical (unpaired) electrons. The molecule has 96 valence electrons. The molecular weight excluding hydrogens is 243 g/mol. The standard InChI is InChI=1S/C12H18ClFN2O/c1-8(2)17-5-4-16(3)12-7-10(14)9(13)6-11(12)15/h6-8H,4-5,15H2,1-3H3. The minimum atomic E-state index is -0.465. The summed E-state index contributed by atoms with van der Waals surface area (Å²) in [5.41, 5.74) is 6.87. The van der Waals surface area contributed by atoms with Gasteiger partial charge >= 0.3 is 0 Å². The van der Waals surface area contributed by atoms with Crippen molar-refractivity contribution in [1.82, 2.24) is 0 Å². The second-order valence-electron chi connectivity index (χ2n) is 4.17. The molecule has 0 spiro atoms. The topological polar surface area (TPSA) is 38.5 Å². The minimum Gasteiger partial charge on any atom is -0.397 e. The average Bonchev–Trinajstić information content (AvgIpc) is 2.22. The molecule has 5 heteroatoms. The summed E-state index contributed by atoms with van der Waals surface area (Å²) in [4.78, 5) is 1.84. The normalized spacial score (nSPS) is 10.9. The SMILES string of the molecule is CC(C)OCCN(C)c1cc(F)c(Cl)cc1N. The quantitative estimate of drug-likeness (QED) is 0.828. The van der Waals surface area contributed by atoms with Crippen molar-refractivity contribution in [3.63, 3.8) is 0 Å². The first-order valence-electron chi connectivity index (χ1n) is 5.49. The molecule has 0 saturated carbocycles. The highest BCUT2D eigenvalue weighted by atomic mass is 35.5. The molecule has 0 aliphatic carbocycles. The summed E-state index contributed by atoms with van der Waals surface area (Å²) in [6, 6.07) is 2.76. The van der Waals surface area contributed by atoms with Crippen molar-refractivity contribution in [2.75, 3.05) is 30.8 Å². The Morgan fingerprint density at radius 2 is 2.12 bits per heavy atom. The van der Waals surface area contributed by atoms with E-state index in [9.17, 15) is 4.39 Å². The predicted molar refractivity (Wildman–Crippen MR) is 70.2 cm³/mol. The Hall–Kier alpha value is -1.00. The fourth-order valence-corrected chi connectivity index (χ4v) is 1.60. The zero-order valence-electron chi connectivity index (χ0n) is 10.3. The molecule has 0 saturated heterocycles. The van der Waals surface area contributed by atoms with Crippen LogP contribution in [0.3, 0.4) is 0 Å². The van der Waals surface area contributed by atoms with Crippen molar-refractivity contribution in [1.29, 1.82) is 0 Å². The highest BCUT2D eigenvalue weighted by Gasteiger charge is 2.10. The van der Waals surface area contributed by atoms with E-state index >= 15 is 0 Å². The van der Waals surface area contributed by atoms with Crippen LogP contribution in [0.5, 0.6) is 0 Å². The van der Waals surface area contributed by atoms with E-state index in [0.29, 0.717) is 24.5 Å². The third-order valence-electron chi connectivity index (χ3n) is 2.36. The Kier molecular flexibility index (Phi) is 5.02. The molecule has 1 aromatic rings. The molecule has 1 rings (SSSR count). The molecule has 3 nitrogen and oxygen atoms in total. The van der Waals surface area contributed by atoms with Crippen molar-refractivity contribution in [3.8, 4) is 0 Å². The summed E-state index contributed by atoms with van der Waals surface area (Å²) in [5.74, 6) is -0.465. The van der Waals surface area contributed by atoms with Gasteiger partial charge in [0.15, 0.2) is 0 Å². The summed E-state index contributed by atoms with van der Waals surface area (Å²) < 4.78 is 18.8. The van der Waals surface area contributed by atoms with Crippen molar-refractivity contribution in [3.05, 3.63) is 23.0 Å². The summed E-state index contributed by atoms with van der Waals surface area (Å²) in [6.45, 7) is 5.15. The molecule has 0 bridgehead atoms. The zero-order valence-corrected chi connectivity index (χ0v) is 11.1. The third kappa shape index (κ3) is 4.06. The van der Waals surface area contributed by atoms with E-state index < -0.39 is 5.82 Å². The van der Waals surface area contributed by atoms with Crippen LogP contribution in [0.2, 0.25) is 5.02 Å². The fourth-order valence-electron chi connectivity index (χ4n) is 1.43. The molecule has 0 unspecified atom stereocenters. The van der Waals surface area contributed by atoms with Gasteiger partial charge in [-0.3, -0.25) is 0 Å². The molecule has 17 heavy (non-hydrogen) atoms. The Morgan fingerprint density at radius 3 is 2.71 bits per heavy atom. The molecule has 0 fully saturated rings. The number of hydrogen-bond donors (Lipinski definition) is 1. The number of nitrogen functional groups attached to an aromatic ring is 1. The van der Waals surface area contributed by atoms with Crippen molar-refractivity contribution >= 4 is 23.0 Å². The first kappa shape index (κ1) is 14.1. The van der Waals surface area contributed by atoms with E-state index in [1.165, 1.54) is 12.1 Å². The van der Waals surface area contributed by atoms with Gasteiger partial charge in [0, 0.05) is 19.7 Å². The summed E-state index contributed by atoms with van der Waals surface area (Å²) in [5, 5.41) is 0.0399. The second kappa shape index (κ2) is 6.07. The number of anilines is 2. The van der Waals surface area contributed by atoms with E-state index in [0.717, 1.165) is 0 Å². The van der Waals surface area contributed by atoms with Gasteiger partial charge in [0.1, 0.15) is 5.82 Å². The van der Waals surface area contributed by atoms with Crippen LogP contribution in [-0.2, 0) is 4.74 Å². The Balaban J connectivity index is 2.68. The van der Waals surface area contributed by atoms with E-state index in [4.69, 9.17) is 22.1 Å². The Morgan fingerprint density at radius 1 is 1.47 bits per heavy atom. The summed E-state index contributed by atoms with van der Waals surface area (Å²) in [6.07, 6.45) is 0.183. The lowest BCUT2D eigenvalue weighted by molar-refractivity contribution is 0.0846. The van der Waals surface area contributed by atoms with Gasteiger partial charge < -0.3 is 15.4 Å². The van der Waals surface area contributed by atoms with Crippen molar-refractivity contribution in [2.45, 2.75) is 20.0 Å². The minimum absolute atomic E-state index is 0.0399. The maximum absolute atomic E-state index is 13.3. The number of ether oxygens (including phenoxy) is 1. The molecule has 2 N–H and O–H groups in total. The molecule has 0 amide bonds. The number of hydrogen-bond acceptors (Lipinski definition) is 3. The van der Waals surface area contributed by atoms with Crippen LogP contribution in [0.1, 0.15) is 13.8 Å². The van der Waals surface area contributed by atoms with Crippen LogP contribution in [0.4, 0.5) is 15.8 Å². The fraction of sp³-hybridized carbons (Fsp3) is 0.500.